The van der Waals surface area contributed by atoms with E-state index >= 15 is 0 Å². The van der Waals surface area contributed by atoms with Crippen LogP contribution < -0.4 is 10.2 Å². The van der Waals surface area contributed by atoms with Crippen molar-refractivity contribution in [2.75, 3.05) is 44.4 Å². The van der Waals surface area contributed by atoms with Crippen molar-refractivity contribution in [2.24, 2.45) is 5.92 Å². The van der Waals surface area contributed by atoms with Crippen molar-refractivity contribution in [1.82, 2.24) is 4.90 Å². The van der Waals surface area contributed by atoms with Gasteiger partial charge < -0.3 is 10.2 Å². The van der Waals surface area contributed by atoms with Crippen LogP contribution in [0.25, 0.3) is 10.8 Å². The summed E-state index contributed by atoms with van der Waals surface area (Å²) in [6.07, 6.45) is 2.65. The quantitative estimate of drug-likeness (QED) is 0.914. The van der Waals surface area contributed by atoms with Crippen LogP contribution in [-0.4, -0.2) is 39.1 Å². The van der Waals surface area contributed by atoms with Gasteiger partial charge in [0.25, 0.3) is 0 Å². The van der Waals surface area contributed by atoms with Crippen LogP contribution in [0.15, 0.2) is 30.3 Å². The third-order valence-corrected chi connectivity index (χ3v) is 5.11. The number of benzene rings is 2. The molecule has 2 aromatic carbocycles. The number of anilines is 2. The molecular formula is C20H29N3. The van der Waals surface area contributed by atoms with E-state index in [1.165, 1.54) is 53.6 Å². The molecule has 3 heteroatoms. The Balaban J connectivity index is 1.99. The highest BCUT2D eigenvalue weighted by Crippen LogP contribution is 2.35. The predicted molar refractivity (Wildman–Crippen MR) is 101 cm³/mol. The third-order valence-electron chi connectivity index (χ3n) is 5.11. The molecule has 0 amide bonds. The largest absolute Gasteiger partial charge is 0.387 e. The molecule has 3 rings (SSSR count). The van der Waals surface area contributed by atoms with E-state index in [0.717, 1.165) is 12.5 Å². The average molecular weight is 311 g/mol. The molecule has 2 aromatic rings. The Morgan fingerprint density at radius 1 is 1.13 bits per heavy atom. The zero-order valence-electron chi connectivity index (χ0n) is 14.9. The van der Waals surface area contributed by atoms with Gasteiger partial charge in [-0.2, -0.15) is 0 Å². The molecule has 0 aromatic heterocycles. The highest BCUT2D eigenvalue weighted by Gasteiger charge is 2.18. The summed E-state index contributed by atoms with van der Waals surface area (Å²) in [5, 5.41) is 6.12. The molecule has 1 aliphatic heterocycles. The first-order valence-corrected chi connectivity index (χ1v) is 8.72. The van der Waals surface area contributed by atoms with Gasteiger partial charge in [0, 0.05) is 44.4 Å². The summed E-state index contributed by atoms with van der Waals surface area (Å²) in [4.78, 5) is 4.80. The maximum absolute atomic E-state index is 3.48. The first-order chi connectivity index (χ1) is 11.1. The van der Waals surface area contributed by atoms with E-state index in [-0.39, 0.29) is 0 Å². The Labute approximate surface area is 140 Å². The van der Waals surface area contributed by atoms with Gasteiger partial charge in [0.2, 0.25) is 0 Å². The Kier molecular flexibility index (Phi) is 4.76. The molecule has 0 atom stereocenters. The van der Waals surface area contributed by atoms with Gasteiger partial charge in [-0.05, 0) is 48.9 Å². The van der Waals surface area contributed by atoms with Gasteiger partial charge in [-0.15, -0.1) is 0 Å². The topological polar surface area (TPSA) is 18.5 Å². The van der Waals surface area contributed by atoms with Gasteiger partial charge in [-0.1, -0.05) is 31.2 Å². The second-order valence-electron chi connectivity index (χ2n) is 7.08. The zero-order chi connectivity index (χ0) is 16.4. The number of nitrogens with zero attached hydrogens (tertiary/aromatic N) is 2. The van der Waals surface area contributed by atoms with Crippen LogP contribution in [-0.2, 0) is 6.54 Å². The molecule has 0 bridgehead atoms. The van der Waals surface area contributed by atoms with Crippen LogP contribution in [0.1, 0.15) is 25.3 Å². The van der Waals surface area contributed by atoms with Crippen LogP contribution in [0.5, 0.6) is 0 Å². The van der Waals surface area contributed by atoms with Crippen LogP contribution in [0, 0.1) is 5.92 Å². The molecule has 0 spiro atoms. The predicted octanol–water partition coefficient (Wildman–Crippen LogP) is 4.18. The first kappa shape index (κ1) is 16.1. The van der Waals surface area contributed by atoms with Gasteiger partial charge in [-0.3, -0.25) is 4.90 Å². The molecule has 0 unspecified atom stereocenters. The number of likely N-dealkylation sites (tertiary alicyclic amines) is 1. The zero-order valence-corrected chi connectivity index (χ0v) is 14.9. The Morgan fingerprint density at radius 2 is 1.87 bits per heavy atom. The molecule has 0 radical (unpaired) electrons. The summed E-state index contributed by atoms with van der Waals surface area (Å²) in [6, 6.07) is 11.1. The number of fused-ring (bicyclic) bond motifs is 1. The minimum absolute atomic E-state index is 0.881. The molecule has 1 saturated heterocycles. The normalized spacial score (nSPS) is 16.7. The lowest BCUT2D eigenvalue weighted by atomic mass is 9.97. The van der Waals surface area contributed by atoms with Crippen molar-refractivity contribution in [3.8, 4) is 0 Å². The molecule has 1 fully saturated rings. The maximum Gasteiger partial charge on any atom is 0.0484 e. The SMILES string of the molecule is CNc1c(CN2CCC(C)CC2)ccc2cccc(N(C)C)c12. The lowest BCUT2D eigenvalue weighted by Gasteiger charge is -2.31. The van der Waals surface area contributed by atoms with Crippen LogP contribution >= 0.6 is 0 Å². The van der Waals surface area contributed by atoms with E-state index in [0.29, 0.717) is 0 Å². The summed E-state index contributed by atoms with van der Waals surface area (Å²) in [6.45, 7) is 5.85. The fraction of sp³-hybridized carbons (Fsp3) is 0.500. The lowest BCUT2D eigenvalue weighted by molar-refractivity contribution is 0.185. The van der Waals surface area contributed by atoms with E-state index in [4.69, 9.17) is 0 Å². The van der Waals surface area contributed by atoms with Gasteiger partial charge in [0.1, 0.15) is 0 Å². The second kappa shape index (κ2) is 6.79. The molecule has 0 saturated carbocycles. The highest BCUT2D eigenvalue weighted by atomic mass is 15.1. The van der Waals surface area contributed by atoms with E-state index < -0.39 is 0 Å². The fourth-order valence-electron chi connectivity index (χ4n) is 3.65. The molecule has 1 heterocycles. The van der Waals surface area contributed by atoms with Gasteiger partial charge in [0.15, 0.2) is 0 Å². The second-order valence-corrected chi connectivity index (χ2v) is 7.08. The molecular weight excluding hydrogens is 282 g/mol. The van der Waals surface area contributed by atoms with E-state index in [1.54, 1.807) is 0 Å². The number of hydrogen-bond acceptors (Lipinski definition) is 3. The monoisotopic (exact) mass is 311 g/mol. The molecule has 23 heavy (non-hydrogen) atoms. The van der Waals surface area contributed by atoms with E-state index in [2.05, 4.69) is 66.5 Å². The van der Waals surface area contributed by atoms with E-state index in [9.17, 15) is 0 Å². The van der Waals surface area contributed by atoms with Crippen LogP contribution in [0.3, 0.4) is 0 Å². The standard InChI is InChI=1S/C20H29N3/c1-15-10-12-23(13-11-15)14-17-9-8-16-6-5-7-18(22(3)4)19(16)20(17)21-2/h5-9,15,21H,10-14H2,1-4H3. The molecule has 0 aliphatic carbocycles. The van der Waals surface area contributed by atoms with Crippen molar-refractivity contribution in [1.29, 1.82) is 0 Å². The molecule has 124 valence electrons. The van der Waals surface area contributed by atoms with Crippen molar-refractivity contribution in [3.63, 3.8) is 0 Å². The smallest absolute Gasteiger partial charge is 0.0484 e. The summed E-state index contributed by atoms with van der Waals surface area (Å²) >= 11 is 0. The van der Waals surface area contributed by atoms with Gasteiger partial charge >= 0.3 is 0 Å². The first-order valence-electron chi connectivity index (χ1n) is 8.72. The minimum atomic E-state index is 0.881. The Bertz CT molecular complexity index is 670. The number of piperidine rings is 1. The average Bonchev–Trinajstić information content (AvgIpc) is 2.56. The molecule has 3 nitrogen and oxygen atoms in total. The lowest BCUT2D eigenvalue weighted by Crippen LogP contribution is -2.32. The summed E-state index contributed by atoms with van der Waals surface area (Å²) in [5.41, 5.74) is 3.97. The highest BCUT2D eigenvalue weighted by molar-refractivity contribution is 6.04. The van der Waals surface area contributed by atoms with Crippen molar-refractivity contribution in [3.05, 3.63) is 35.9 Å². The van der Waals surface area contributed by atoms with E-state index in [1.807, 2.05) is 7.05 Å². The van der Waals surface area contributed by atoms with Gasteiger partial charge in [-0.25, -0.2) is 0 Å². The van der Waals surface area contributed by atoms with Crippen molar-refractivity contribution >= 4 is 22.1 Å². The summed E-state index contributed by atoms with van der Waals surface area (Å²) in [5.74, 6) is 0.881. The van der Waals surface area contributed by atoms with Crippen molar-refractivity contribution < 1.29 is 0 Å². The Morgan fingerprint density at radius 3 is 2.52 bits per heavy atom. The number of hydrogen-bond donors (Lipinski definition) is 1. The van der Waals surface area contributed by atoms with Crippen LogP contribution in [0.2, 0.25) is 0 Å². The number of nitrogens with one attached hydrogen (secondary N) is 1. The number of rotatable bonds is 4. The van der Waals surface area contributed by atoms with Crippen LogP contribution in [0.4, 0.5) is 11.4 Å². The molecule has 1 aliphatic rings. The minimum Gasteiger partial charge on any atom is -0.387 e. The van der Waals surface area contributed by atoms with Gasteiger partial charge in [0.05, 0.1) is 0 Å². The Hall–Kier alpha value is -1.74. The van der Waals surface area contributed by atoms with Crippen molar-refractivity contribution in [2.45, 2.75) is 26.3 Å². The third kappa shape index (κ3) is 3.30. The summed E-state index contributed by atoms with van der Waals surface area (Å²) < 4.78 is 0. The molecule has 1 N–H and O–H groups in total. The fourth-order valence-corrected chi connectivity index (χ4v) is 3.65. The summed E-state index contributed by atoms with van der Waals surface area (Å²) in [7, 11) is 6.28. The maximum atomic E-state index is 3.48.